The fraction of sp³-hybridized carbons (Fsp3) is 0.786. The molecule has 0 radical (unpaired) electrons. The van der Waals surface area contributed by atoms with E-state index in [0.717, 1.165) is 44.5 Å². The van der Waals surface area contributed by atoms with Crippen molar-refractivity contribution in [2.24, 2.45) is 0 Å². The number of hydrogen-bond donors (Lipinski definition) is 2. The summed E-state index contributed by atoms with van der Waals surface area (Å²) in [7, 11) is 0. The van der Waals surface area contributed by atoms with Gasteiger partial charge in [-0.3, -0.25) is 4.68 Å². The average molecular weight is 253 g/mol. The molecule has 0 saturated heterocycles. The Bertz CT molecular complexity index is 336. The van der Waals surface area contributed by atoms with Crippen LogP contribution in [0, 0.1) is 0 Å². The molecule has 1 heterocycles. The molecule has 4 heteroatoms. The van der Waals surface area contributed by atoms with Gasteiger partial charge in [-0.1, -0.05) is 20.8 Å². The van der Waals surface area contributed by atoms with Gasteiger partial charge in [0.2, 0.25) is 0 Å². The van der Waals surface area contributed by atoms with Crippen LogP contribution in [0.5, 0.6) is 0 Å². The van der Waals surface area contributed by atoms with E-state index in [1.807, 2.05) is 0 Å². The van der Waals surface area contributed by atoms with Crippen LogP contribution in [0.3, 0.4) is 0 Å². The van der Waals surface area contributed by atoms with E-state index in [1.165, 1.54) is 5.69 Å². The fourth-order valence-electron chi connectivity index (χ4n) is 2.10. The molecule has 0 amide bonds. The summed E-state index contributed by atoms with van der Waals surface area (Å²) >= 11 is 0. The van der Waals surface area contributed by atoms with Crippen molar-refractivity contribution in [3.8, 4) is 0 Å². The highest BCUT2D eigenvalue weighted by Gasteiger charge is 2.12. The van der Waals surface area contributed by atoms with Crippen LogP contribution < -0.4 is 5.32 Å². The molecule has 0 spiro atoms. The van der Waals surface area contributed by atoms with Gasteiger partial charge in [-0.2, -0.15) is 5.10 Å². The first-order valence-corrected chi connectivity index (χ1v) is 7.14. The van der Waals surface area contributed by atoms with Crippen LogP contribution >= 0.6 is 0 Å². The number of aryl methyl sites for hydroxylation is 2. The molecule has 0 aliphatic heterocycles. The highest BCUT2D eigenvalue weighted by molar-refractivity contribution is 5.10. The number of nitrogens with one attached hydrogen (secondary N) is 1. The zero-order valence-corrected chi connectivity index (χ0v) is 11.9. The van der Waals surface area contributed by atoms with Crippen molar-refractivity contribution < 1.29 is 5.11 Å². The van der Waals surface area contributed by atoms with Gasteiger partial charge in [0.1, 0.15) is 0 Å². The Morgan fingerprint density at radius 1 is 1.33 bits per heavy atom. The molecule has 0 fully saturated rings. The second-order valence-electron chi connectivity index (χ2n) is 4.68. The molecule has 1 aromatic rings. The summed E-state index contributed by atoms with van der Waals surface area (Å²) in [5.41, 5.74) is 2.44. The van der Waals surface area contributed by atoms with Crippen LogP contribution in [0.4, 0.5) is 0 Å². The van der Waals surface area contributed by atoms with E-state index in [-0.39, 0.29) is 6.61 Å². The van der Waals surface area contributed by atoms with Gasteiger partial charge in [-0.15, -0.1) is 0 Å². The summed E-state index contributed by atoms with van der Waals surface area (Å²) in [4.78, 5) is 0. The molecule has 0 bridgehead atoms. The number of aromatic nitrogens is 2. The maximum absolute atomic E-state index is 9.12. The standard InChI is InChI=1S/C14H27N3O/c1-4-8-15-13(7-9-18)11-17-14(6-3)10-12(5-2)16-17/h10,13,15,18H,4-9,11H2,1-3H3. The minimum Gasteiger partial charge on any atom is -0.396 e. The van der Waals surface area contributed by atoms with E-state index in [9.17, 15) is 0 Å². The molecule has 0 aliphatic carbocycles. The van der Waals surface area contributed by atoms with E-state index in [2.05, 4.69) is 41.9 Å². The molecule has 1 aromatic heterocycles. The lowest BCUT2D eigenvalue weighted by atomic mass is 10.2. The lowest BCUT2D eigenvalue weighted by Crippen LogP contribution is -2.35. The molecule has 1 rings (SSSR count). The van der Waals surface area contributed by atoms with Gasteiger partial charge in [0.25, 0.3) is 0 Å². The first-order chi connectivity index (χ1) is 8.74. The molecule has 18 heavy (non-hydrogen) atoms. The van der Waals surface area contributed by atoms with Crippen molar-refractivity contribution in [2.75, 3.05) is 13.2 Å². The summed E-state index contributed by atoms with van der Waals surface area (Å²) < 4.78 is 2.10. The van der Waals surface area contributed by atoms with Crippen LogP contribution in [0.15, 0.2) is 6.07 Å². The Kier molecular flexibility index (Phi) is 6.98. The largest absolute Gasteiger partial charge is 0.396 e. The van der Waals surface area contributed by atoms with E-state index in [0.29, 0.717) is 6.04 Å². The van der Waals surface area contributed by atoms with E-state index < -0.39 is 0 Å². The minimum atomic E-state index is 0.227. The summed E-state index contributed by atoms with van der Waals surface area (Å²) in [6.07, 6.45) is 3.88. The predicted octanol–water partition coefficient (Wildman–Crippen LogP) is 1.76. The van der Waals surface area contributed by atoms with Gasteiger partial charge in [0, 0.05) is 18.3 Å². The van der Waals surface area contributed by atoms with Crippen molar-refractivity contribution in [1.82, 2.24) is 15.1 Å². The quantitative estimate of drug-likeness (QED) is 0.705. The first-order valence-electron chi connectivity index (χ1n) is 7.14. The molecule has 1 atom stereocenters. The van der Waals surface area contributed by atoms with Crippen LogP contribution in [0.1, 0.15) is 45.0 Å². The zero-order chi connectivity index (χ0) is 13.4. The van der Waals surface area contributed by atoms with Gasteiger partial charge < -0.3 is 10.4 Å². The van der Waals surface area contributed by atoms with Crippen LogP contribution in [-0.4, -0.2) is 34.1 Å². The molecule has 4 nitrogen and oxygen atoms in total. The molecule has 0 saturated carbocycles. The number of aliphatic hydroxyl groups excluding tert-OH is 1. The lowest BCUT2D eigenvalue weighted by molar-refractivity contribution is 0.253. The Labute approximate surface area is 110 Å². The van der Waals surface area contributed by atoms with Gasteiger partial charge in [0.15, 0.2) is 0 Å². The topological polar surface area (TPSA) is 50.1 Å². The highest BCUT2D eigenvalue weighted by Crippen LogP contribution is 2.08. The molecular weight excluding hydrogens is 226 g/mol. The van der Waals surface area contributed by atoms with E-state index in [1.54, 1.807) is 0 Å². The maximum Gasteiger partial charge on any atom is 0.0624 e. The third-order valence-corrected chi connectivity index (χ3v) is 3.19. The third-order valence-electron chi connectivity index (χ3n) is 3.19. The van der Waals surface area contributed by atoms with Crippen molar-refractivity contribution in [3.63, 3.8) is 0 Å². The number of hydrogen-bond acceptors (Lipinski definition) is 3. The Balaban J connectivity index is 2.68. The molecular formula is C14H27N3O. The predicted molar refractivity (Wildman–Crippen MR) is 74.8 cm³/mol. The first kappa shape index (κ1) is 15.2. The van der Waals surface area contributed by atoms with Crippen LogP contribution in [-0.2, 0) is 19.4 Å². The smallest absolute Gasteiger partial charge is 0.0624 e. The average Bonchev–Trinajstić information content (AvgIpc) is 2.78. The molecule has 1 unspecified atom stereocenters. The Morgan fingerprint density at radius 2 is 2.11 bits per heavy atom. The Morgan fingerprint density at radius 3 is 2.67 bits per heavy atom. The normalized spacial score (nSPS) is 12.9. The van der Waals surface area contributed by atoms with Gasteiger partial charge in [-0.25, -0.2) is 0 Å². The number of nitrogens with zero attached hydrogens (tertiary/aromatic N) is 2. The fourth-order valence-corrected chi connectivity index (χ4v) is 2.10. The third kappa shape index (κ3) is 4.42. The molecule has 2 N–H and O–H groups in total. The second-order valence-corrected chi connectivity index (χ2v) is 4.68. The van der Waals surface area contributed by atoms with Gasteiger partial charge >= 0.3 is 0 Å². The lowest BCUT2D eigenvalue weighted by Gasteiger charge is -2.18. The van der Waals surface area contributed by atoms with Gasteiger partial charge in [-0.05, 0) is 38.3 Å². The number of aliphatic hydroxyl groups is 1. The summed E-state index contributed by atoms with van der Waals surface area (Å²) in [5.74, 6) is 0. The Hall–Kier alpha value is -0.870. The SMILES string of the molecule is CCCNC(CCO)Cn1nc(CC)cc1CC. The van der Waals surface area contributed by atoms with Crippen molar-refractivity contribution >= 4 is 0 Å². The van der Waals surface area contributed by atoms with Gasteiger partial charge in [0.05, 0.1) is 12.2 Å². The number of rotatable bonds is 9. The minimum absolute atomic E-state index is 0.227. The summed E-state index contributed by atoms with van der Waals surface area (Å²) in [6.45, 7) is 8.52. The summed E-state index contributed by atoms with van der Waals surface area (Å²) in [5, 5.41) is 17.2. The zero-order valence-electron chi connectivity index (χ0n) is 11.9. The van der Waals surface area contributed by atoms with E-state index in [4.69, 9.17) is 5.11 Å². The van der Waals surface area contributed by atoms with Crippen LogP contribution in [0.25, 0.3) is 0 Å². The molecule has 0 aromatic carbocycles. The molecule has 0 aliphatic rings. The van der Waals surface area contributed by atoms with Crippen LogP contribution in [0.2, 0.25) is 0 Å². The van der Waals surface area contributed by atoms with Crippen molar-refractivity contribution in [2.45, 2.75) is 59.0 Å². The maximum atomic E-state index is 9.12. The van der Waals surface area contributed by atoms with E-state index >= 15 is 0 Å². The van der Waals surface area contributed by atoms with Crippen molar-refractivity contribution in [1.29, 1.82) is 0 Å². The second kappa shape index (κ2) is 8.27. The summed E-state index contributed by atoms with van der Waals surface area (Å²) in [6, 6.07) is 2.50. The molecule has 104 valence electrons. The van der Waals surface area contributed by atoms with Crippen molar-refractivity contribution in [3.05, 3.63) is 17.5 Å². The monoisotopic (exact) mass is 253 g/mol. The highest BCUT2D eigenvalue weighted by atomic mass is 16.3.